The van der Waals surface area contributed by atoms with Crippen LogP contribution in [0.25, 0.3) is 0 Å². The van der Waals surface area contributed by atoms with E-state index < -0.39 is 11.7 Å². The maximum absolute atomic E-state index is 12.6. The second-order valence-electron chi connectivity index (χ2n) is 3.57. The zero-order chi connectivity index (χ0) is 13.6. The molecule has 1 heterocycles. The topological polar surface area (TPSA) is 25.4 Å². The Hall–Kier alpha value is -0.820. The molecule has 0 N–H and O–H groups in total. The van der Waals surface area contributed by atoms with Gasteiger partial charge in [-0.25, -0.2) is 4.98 Å². The Labute approximate surface area is 112 Å². The largest absolute Gasteiger partial charge is 0.416 e. The molecule has 18 heavy (non-hydrogen) atoms. The Morgan fingerprint density at radius 1 is 1.39 bits per heavy atom. The predicted molar refractivity (Wildman–Crippen MR) is 67.1 cm³/mol. The monoisotopic (exact) mass is 326 g/mol. The van der Waals surface area contributed by atoms with Crippen molar-refractivity contribution in [2.75, 3.05) is 37.0 Å². The molecule has 0 aromatic carbocycles. The molecule has 0 bridgehead atoms. The molecule has 0 aliphatic rings. The second kappa shape index (κ2) is 6.94. The molecule has 1 aromatic heterocycles. The zero-order valence-corrected chi connectivity index (χ0v) is 11.5. The highest BCUT2D eigenvalue weighted by Gasteiger charge is 2.31. The van der Waals surface area contributed by atoms with Crippen molar-refractivity contribution in [2.45, 2.75) is 6.18 Å². The highest BCUT2D eigenvalue weighted by atomic mass is 79.9. The summed E-state index contributed by atoms with van der Waals surface area (Å²) in [5.74, 6) is 0.307. The van der Waals surface area contributed by atoms with E-state index in [1.54, 1.807) is 12.0 Å². The SMILES string of the molecule is COCCN(CCBr)c1cc(C(F)(F)F)ccn1. The smallest absolute Gasteiger partial charge is 0.383 e. The van der Waals surface area contributed by atoms with E-state index in [-0.39, 0.29) is 0 Å². The van der Waals surface area contributed by atoms with Gasteiger partial charge in [-0.15, -0.1) is 0 Å². The van der Waals surface area contributed by atoms with E-state index in [0.717, 1.165) is 12.1 Å². The molecule has 0 atom stereocenters. The molecular formula is C11H14BrF3N2O. The van der Waals surface area contributed by atoms with E-state index in [4.69, 9.17) is 4.74 Å². The molecule has 0 fully saturated rings. The summed E-state index contributed by atoms with van der Waals surface area (Å²) < 4.78 is 42.7. The highest BCUT2D eigenvalue weighted by Crippen LogP contribution is 2.30. The van der Waals surface area contributed by atoms with E-state index in [2.05, 4.69) is 20.9 Å². The molecular weight excluding hydrogens is 313 g/mol. The Kier molecular flexibility index (Phi) is 5.87. The van der Waals surface area contributed by atoms with Gasteiger partial charge >= 0.3 is 6.18 Å². The molecule has 0 aliphatic heterocycles. The van der Waals surface area contributed by atoms with Crippen molar-refractivity contribution in [3.8, 4) is 0 Å². The normalized spacial score (nSPS) is 11.6. The molecule has 0 unspecified atom stereocenters. The summed E-state index contributed by atoms with van der Waals surface area (Å²) in [6.07, 6.45) is -3.18. The van der Waals surface area contributed by atoms with Crippen LogP contribution in [0.4, 0.5) is 19.0 Å². The van der Waals surface area contributed by atoms with Gasteiger partial charge in [-0.1, -0.05) is 15.9 Å². The average molecular weight is 327 g/mol. The van der Waals surface area contributed by atoms with Gasteiger partial charge in [0.15, 0.2) is 0 Å². The number of pyridine rings is 1. The van der Waals surface area contributed by atoms with Gasteiger partial charge in [-0.2, -0.15) is 13.2 Å². The molecule has 1 aromatic rings. The lowest BCUT2D eigenvalue weighted by molar-refractivity contribution is -0.137. The summed E-state index contributed by atoms with van der Waals surface area (Å²) in [5, 5.41) is 0.647. The van der Waals surface area contributed by atoms with Crippen LogP contribution in [0.5, 0.6) is 0 Å². The van der Waals surface area contributed by atoms with Crippen molar-refractivity contribution in [2.24, 2.45) is 0 Å². The summed E-state index contributed by atoms with van der Waals surface area (Å²) in [6, 6.07) is 2.02. The van der Waals surface area contributed by atoms with Crippen LogP contribution < -0.4 is 4.90 Å². The number of halogens is 4. The minimum absolute atomic E-state index is 0.307. The predicted octanol–water partition coefficient (Wildman–Crippen LogP) is 2.95. The van der Waals surface area contributed by atoms with Crippen molar-refractivity contribution >= 4 is 21.7 Å². The first-order chi connectivity index (χ1) is 8.49. The average Bonchev–Trinajstić information content (AvgIpc) is 2.33. The first-order valence-corrected chi connectivity index (χ1v) is 6.44. The lowest BCUT2D eigenvalue weighted by Gasteiger charge is -2.23. The third-order valence-corrected chi connectivity index (χ3v) is 2.67. The van der Waals surface area contributed by atoms with Crippen LogP contribution in [0.1, 0.15) is 5.56 Å². The number of hydrogen-bond acceptors (Lipinski definition) is 3. The molecule has 0 amide bonds. The van der Waals surface area contributed by atoms with Gasteiger partial charge in [0.05, 0.1) is 12.2 Å². The van der Waals surface area contributed by atoms with Crippen LogP contribution in [0, 0.1) is 0 Å². The third kappa shape index (κ3) is 4.45. The lowest BCUT2D eigenvalue weighted by Crippen LogP contribution is -2.30. The Bertz CT molecular complexity index is 374. The molecule has 1 rings (SSSR count). The quantitative estimate of drug-likeness (QED) is 0.751. The van der Waals surface area contributed by atoms with Gasteiger partial charge in [0.2, 0.25) is 0 Å². The van der Waals surface area contributed by atoms with Gasteiger partial charge in [0.25, 0.3) is 0 Å². The molecule has 102 valence electrons. The molecule has 0 saturated carbocycles. The van der Waals surface area contributed by atoms with E-state index in [1.165, 1.54) is 6.20 Å². The van der Waals surface area contributed by atoms with E-state index in [1.807, 2.05) is 0 Å². The van der Waals surface area contributed by atoms with Gasteiger partial charge < -0.3 is 9.64 Å². The number of methoxy groups -OCH3 is 1. The summed E-state index contributed by atoms with van der Waals surface area (Å²) in [7, 11) is 1.55. The Balaban J connectivity index is 2.90. The molecule has 0 radical (unpaired) electrons. The minimum Gasteiger partial charge on any atom is -0.383 e. The molecule has 0 saturated heterocycles. The van der Waals surface area contributed by atoms with Gasteiger partial charge in [-0.3, -0.25) is 0 Å². The van der Waals surface area contributed by atoms with Crippen LogP contribution in [0.15, 0.2) is 18.3 Å². The van der Waals surface area contributed by atoms with E-state index >= 15 is 0 Å². The first kappa shape index (κ1) is 15.2. The summed E-state index contributed by atoms with van der Waals surface area (Å²) in [4.78, 5) is 5.72. The molecule has 7 heteroatoms. The van der Waals surface area contributed by atoms with Gasteiger partial charge in [0, 0.05) is 31.7 Å². The van der Waals surface area contributed by atoms with E-state index in [9.17, 15) is 13.2 Å². The maximum atomic E-state index is 12.6. The number of rotatable bonds is 6. The van der Waals surface area contributed by atoms with Crippen LogP contribution >= 0.6 is 15.9 Å². The second-order valence-corrected chi connectivity index (χ2v) is 4.36. The van der Waals surface area contributed by atoms with Crippen molar-refractivity contribution in [1.82, 2.24) is 4.98 Å². The minimum atomic E-state index is -4.35. The number of aromatic nitrogens is 1. The number of ether oxygens (including phenoxy) is 1. The lowest BCUT2D eigenvalue weighted by atomic mass is 10.2. The summed E-state index contributed by atoms with van der Waals surface area (Å²) in [5.41, 5.74) is -0.690. The number of alkyl halides is 4. The van der Waals surface area contributed by atoms with Crippen LogP contribution in [-0.4, -0.2) is 37.1 Å². The number of hydrogen-bond donors (Lipinski definition) is 0. The fraction of sp³-hybridized carbons (Fsp3) is 0.545. The molecule has 0 aliphatic carbocycles. The third-order valence-electron chi connectivity index (χ3n) is 2.32. The Morgan fingerprint density at radius 2 is 2.11 bits per heavy atom. The standard InChI is InChI=1S/C11H14BrF3N2O/c1-18-7-6-17(5-3-12)10-8-9(2-4-16-10)11(13,14)15/h2,4,8H,3,5-7H2,1H3. The van der Waals surface area contributed by atoms with Crippen LogP contribution in [0.3, 0.4) is 0 Å². The fourth-order valence-electron chi connectivity index (χ4n) is 1.41. The van der Waals surface area contributed by atoms with Crippen molar-refractivity contribution < 1.29 is 17.9 Å². The van der Waals surface area contributed by atoms with Crippen LogP contribution in [0.2, 0.25) is 0 Å². The number of nitrogens with zero attached hydrogens (tertiary/aromatic N) is 2. The Morgan fingerprint density at radius 3 is 2.67 bits per heavy atom. The van der Waals surface area contributed by atoms with Crippen molar-refractivity contribution in [1.29, 1.82) is 0 Å². The van der Waals surface area contributed by atoms with E-state index in [0.29, 0.717) is 30.8 Å². The van der Waals surface area contributed by atoms with Crippen molar-refractivity contribution in [3.63, 3.8) is 0 Å². The summed E-state index contributed by atoms with van der Waals surface area (Å²) >= 11 is 3.26. The maximum Gasteiger partial charge on any atom is 0.416 e. The zero-order valence-electron chi connectivity index (χ0n) is 9.88. The van der Waals surface area contributed by atoms with Gasteiger partial charge in [0.1, 0.15) is 5.82 Å². The highest BCUT2D eigenvalue weighted by molar-refractivity contribution is 9.09. The number of anilines is 1. The molecule has 3 nitrogen and oxygen atoms in total. The summed E-state index contributed by atoms with van der Waals surface area (Å²) in [6.45, 7) is 1.50. The van der Waals surface area contributed by atoms with Crippen molar-refractivity contribution in [3.05, 3.63) is 23.9 Å². The van der Waals surface area contributed by atoms with Gasteiger partial charge in [-0.05, 0) is 12.1 Å². The molecule has 0 spiro atoms. The first-order valence-electron chi connectivity index (χ1n) is 5.32. The fourth-order valence-corrected chi connectivity index (χ4v) is 1.84. The van der Waals surface area contributed by atoms with Crippen LogP contribution in [-0.2, 0) is 10.9 Å².